The van der Waals surface area contributed by atoms with Gasteiger partial charge in [-0.15, -0.1) is 0 Å². The van der Waals surface area contributed by atoms with E-state index in [9.17, 15) is 4.79 Å². The number of anilines is 1. The Kier molecular flexibility index (Phi) is 5.62. The summed E-state index contributed by atoms with van der Waals surface area (Å²) in [5.41, 5.74) is 2.32. The third-order valence-electron chi connectivity index (χ3n) is 3.68. The SMILES string of the molecule is CCCn1ncc(NCc2ccc(OC)cc2OC)c(C)c1=O. The Morgan fingerprint density at radius 2 is 2.04 bits per heavy atom. The highest BCUT2D eigenvalue weighted by atomic mass is 16.5. The van der Waals surface area contributed by atoms with Crippen LogP contribution in [0.15, 0.2) is 29.2 Å². The fourth-order valence-corrected chi connectivity index (χ4v) is 2.32. The molecule has 0 aliphatic carbocycles. The molecule has 2 aromatic rings. The predicted molar refractivity (Wildman–Crippen MR) is 90.4 cm³/mol. The molecule has 0 radical (unpaired) electrons. The van der Waals surface area contributed by atoms with Crippen molar-refractivity contribution < 1.29 is 9.47 Å². The van der Waals surface area contributed by atoms with Crippen LogP contribution in [0.1, 0.15) is 24.5 Å². The molecule has 0 fully saturated rings. The van der Waals surface area contributed by atoms with Gasteiger partial charge in [0, 0.05) is 30.3 Å². The Hall–Kier alpha value is -2.50. The highest BCUT2D eigenvalue weighted by Gasteiger charge is 2.09. The van der Waals surface area contributed by atoms with Crippen molar-refractivity contribution in [2.45, 2.75) is 33.4 Å². The summed E-state index contributed by atoms with van der Waals surface area (Å²) in [5, 5.41) is 7.46. The van der Waals surface area contributed by atoms with Crippen LogP contribution in [0.5, 0.6) is 11.5 Å². The van der Waals surface area contributed by atoms with Gasteiger partial charge in [0.15, 0.2) is 0 Å². The zero-order chi connectivity index (χ0) is 16.8. The summed E-state index contributed by atoms with van der Waals surface area (Å²) in [6.07, 6.45) is 2.57. The van der Waals surface area contributed by atoms with Gasteiger partial charge in [-0.25, -0.2) is 4.68 Å². The summed E-state index contributed by atoms with van der Waals surface area (Å²) in [5.74, 6) is 1.48. The Balaban J connectivity index is 2.18. The highest BCUT2D eigenvalue weighted by molar-refractivity contribution is 5.49. The number of nitrogens with one attached hydrogen (secondary N) is 1. The fraction of sp³-hybridized carbons (Fsp3) is 0.412. The van der Waals surface area contributed by atoms with Crippen LogP contribution in [0.4, 0.5) is 5.69 Å². The molecule has 0 atom stereocenters. The van der Waals surface area contributed by atoms with Crippen molar-refractivity contribution in [1.29, 1.82) is 0 Å². The maximum Gasteiger partial charge on any atom is 0.271 e. The first kappa shape index (κ1) is 16.9. The average Bonchev–Trinajstić information content (AvgIpc) is 2.58. The number of nitrogens with zero attached hydrogens (tertiary/aromatic N) is 2. The smallest absolute Gasteiger partial charge is 0.271 e. The molecular weight excluding hydrogens is 294 g/mol. The summed E-state index contributed by atoms with van der Waals surface area (Å²) >= 11 is 0. The number of hydrogen-bond acceptors (Lipinski definition) is 5. The topological polar surface area (TPSA) is 65.4 Å². The number of aryl methyl sites for hydroxylation is 1. The molecule has 0 saturated carbocycles. The minimum Gasteiger partial charge on any atom is -0.497 e. The van der Waals surface area contributed by atoms with Gasteiger partial charge in [0.25, 0.3) is 5.56 Å². The molecule has 1 aromatic heterocycles. The number of methoxy groups -OCH3 is 2. The van der Waals surface area contributed by atoms with Gasteiger partial charge in [0.2, 0.25) is 0 Å². The molecule has 0 unspecified atom stereocenters. The molecule has 0 saturated heterocycles. The third-order valence-corrected chi connectivity index (χ3v) is 3.68. The molecule has 0 aliphatic heterocycles. The summed E-state index contributed by atoms with van der Waals surface area (Å²) in [6.45, 7) is 4.99. The van der Waals surface area contributed by atoms with Crippen molar-refractivity contribution >= 4 is 5.69 Å². The molecular formula is C17H23N3O3. The van der Waals surface area contributed by atoms with Gasteiger partial charge in [-0.3, -0.25) is 4.79 Å². The Morgan fingerprint density at radius 3 is 2.70 bits per heavy atom. The van der Waals surface area contributed by atoms with Gasteiger partial charge in [-0.2, -0.15) is 5.10 Å². The zero-order valence-corrected chi connectivity index (χ0v) is 14.0. The maximum absolute atomic E-state index is 12.2. The van der Waals surface area contributed by atoms with Gasteiger partial charge in [-0.05, 0) is 25.5 Å². The molecule has 1 N–H and O–H groups in total. The normalized spacial score (nSPS) is 10.4. The highest BCUT2D eigenvalue weighted by Crippen LogP contribution is 2.25. The lowest BCUT2D eigenvalue weighted by Crippen LogP contribution is -2.25. The van der Waals surface area contributed by atoms with Crippen LogP contribution in [0.25, 0.3) is 0 Å². The number of ether oxygens (including phenoxy) is 2. The Bertz CT molecular complexity index is 726. The summed E-state index contributed by atoms with van der Waals surface area (Å²) < 4.78 is 12.1. The Morgan fingerprint density at radius 1 is 1.26 bits per heavy atom. The largest absolute Gasteiger partial charge is 0.497 e. The van der Waals surface area contributed by atoms with E-state index in [1.54, 1.807) is 20.4 Å². The predicted octanol–water partition coefficient (Wildman–Crippen LogP) is 2.59. The number of hydrogen-bond donors (Lipinski definition) is 1. The monoisotopic (exact) mass is 317 g/mol. The molecule has 1 aromatic carbocycles. The summed E-state index contributed by atoms with van der Waals surface area (Å²) in [7, 11) is 3.24. The number of aromatic nitrogens is 2. The molecule has 2 rings (SSSR count). The minimum atomic E-state index is -0.0569. The second-order valence-electron chi connectivity index (χ2n) is 5.24. The van der Waals surface area contributed by atoms with E-state index in [1.165, 1.54) is 4.68 Å². The van der Waals surface area contributed by atoms with E-state index in [4.69, 9.17) is 9.47 Å². The summed E-state index contributed by atoms with van der Waals surface area (Å²) in [6, 6.07) is 5.65. The van der Waals surface area contributed by atoms with Crippen LogP contribution in [-0.4, -0.2) is 24.0 Å². The first-order valence-corrected chi connectivity index (χ1v) is 7.62. The molecule has 1 heterocycles. The first-order valence-electron chi connectivity index (χ1n) is 7.62. The average molecular weight is 317 g/mol. The Labute approximate surface area is 136 Å². The van der Waals surface area contributed by atoms with Gasteiger partial charge in [0.1, 0.15) is 11.5 Å². The van der Waals surface area contributed by atoms with E-state index >= 15 is 0 Å². The molecule has 0 spiro atoms. The van der Waals surface area contributed by atoms with Gasteiger partial charge in [0.05, 0.1) is 26.1 Å². The molecule has 23 heavy (non-hydrogen) atoms. The van der Waals surface area contributed by atoms with Crippen LogP contribution in [0, 0.1) is 6.92 Å². The molecule has 0 amide bonds. The number of benzene rings is 1. The molecule has 0 bridgehead atoms. The van der Waals surface area contributed by atoms with Crippen molar-refractivity contribution in [3.05, 3.63) is 45.9 Å². The maximum atomic E-state index is 12.2. The van der Waals surface area contributed by atoms with E-state index in [0.29, 0.717) is 18.7 Å². The van der Waals surface area contributed by atoms with Crippen LogP contribution >= 0.6 is 0 Å². The van der Waals surface area contributed by atoms with Crippen molar-refractivity contribution in [2.24, 2.45) is 0 Å². The lowest BCUT2D eigenvalue weighted by molar-refractivity contribution is 0.391. The van der Waals surface area contributed by atoms with E-state index < -0.39 is 0 Å². The first-order chi connectivity index (χ1) is 11.1. The molecule has 0 aliphatic rings. The van der Waals surface area contributed by atoms with Crippen LogP contribution in [0.3, 0.4) is 0 Å². The lowest BCUT2D eigenvalue weighted by Gasteiger charge is -2.14. The quantitative estimate of drug-likeness (QED) is 0.850. The second-order valence-corrected chi connectivity index (χ2v) is 5.24. The third kappa shape index (κ3) is 3.83. The fourth-order valence-electron chi connectivity index (χ4n) is 2.32. The van der Waals surface area contributed by atoms with E-state index in [0.717, 1.165) is 29.2 Å². The second kappa shape index (κ2) is 7.67. The van der Waals surface area contributed by atoms with Gasteiger partial charge in [-0.1, -0.05) is 6.92 Å². The lowest BCUT2D eigenvalue weighted by atomic mass is 10.1. The van der Waals surface area contributed by atoms with Gasteiger partial charge < -0.3 is 14.8 Å². The van der Waals surface area contributed by atoms with Gasteiger partial charge >= 0.3 is 0 Å². The van der Waals surface area contributed by atoms with Crippen molar-refractivity contribution in [2.75, 3.05) is 19.5 Å². The van der Waals surface area contributed by atoms with Crippen molar-refractivity contribution in [3.63, 3.8) is 0 Å². The standard InChI is InChI=1S/C17H23N3O3/c1-5-8-20-17(21)12(2)15(11-19-20)18-10-13-6-7-14(22-3)9-16(13)23-4/h6-7,9,11,18H,5,8,10H2,1-4H3. The van der Waals surface area contributed by atoms with Crippen LogP contribution < -0.4 is 20.3 Å². The molecule has 6 nitrogen and oxygen atoms in total. The van der Waals surface area contributed by atoms with Crippen LogP contribution in [-0.2, 0) is 13.1 Å². The van der Waals surface area contributed by atoms with Crippen molar-refractivity contribution in [3.8, 4) is 11.5 Å². The van der Waals surface area contributed by atoms with E-state index in [1.807, 2.05) is 32.0 Å². The number of rotatable bonds is 7. The summed E-state index contributed by atoms with van der Waals surface area (Å²) in [4.78, 5) is 12.2. The zero-order valence-electron chi connectivity index (χ0n) is 14.0. The molecule has 124 valence electrons. The van der Waals surface area contributed by atoms with E-state index in [-0.39, 0.29) is 5.56 Å². The van der Waals surface area contributed by atoms with Crippen LogP contribution in [0.2, 0.25) is 0 Å². The van der Waals surface area contributed by atoms with Crippen molar-refractivity contribution in [1.82, 2.24) is 9.78 Å². The minimum absolute atomic E-state index is 0.0569. The van der Waals surface area contributed by atoms with E-state index in [2.05, 4.69) is 10.4 Å². The molecule has 6 heteroatoms.